The van der Waals surface area contributed by atoms with Gasteiger partial charge in [-0.2, -0.15) is 28.1 Å². The van der Waals surface area contributed by atoms with Crippen LogP contribution in [0.4, 0.5) is 25.1 Å². The van der Waals surface area contributed by atoms with Crippen molar-refractivity contribution in [1.29, 1.82) is 0 Å². The van der Waals surface area contributed by atoms with Crippen LogP contribution in [0.3, 0.4) is 0 Å². The highest BCUT2D eigenvalue weighted by Gasteiger charge is 2.38. The van der Waals surface area contributed by atoms with Gasteiger partial charge in [0.25, 0.3) is 0 Å². The van der Waals surface area contributed by atoms with Crippen LogP contribution in [-0.4, -0.2) is 33.2 Å². The van der Waals surface area contributed by atoms with Crippen LogP contribution < -0.4 is 10.6 Å². The molecular weight excluding hydrogens is 295 g/mol. The summed E-state index contributed by atoms with van der Waals surface area (Å²) in [7, 11) is 0. The fourth-order valence-electron chi connectivity index (χ4n) is 1.79. The van der Waals surface area contributed by atoms with E-state index in [0.717, 1.165) is 19.3 Å². The largest absolute Gasteiger partial charge is 0.408 e. The van der Waals surface area contributed by atoms with E-state index in [0.29, 0.717) is 0 Å². The third-order valence-corrected chi connectivity index (χ3v) is 3.32. The molecule has 1 atom stereocenters. The Hall–Kier alpha value is -1.31. The number of alkyl halides is 3. The van der Waals surface area contributed by atoms with E-state index >= 15 is 0 Å². The molecule has 112 valence electrons. The molecule has 0 amide bonds. The smallest absolute Gasteiger partial charge is 0.351 e. The third-order valence-electron chi connectivity index (χ3n) is 3.15. The Balaban J connectivity index is 2.10. The zero-order chi connectivity index (χ0) is 14.8. The standard InChI is InChI=1S/C11H15ClF3N5/c1-2-7(11(13,14)15)17-10-19-8(12)18-9(20-10)16-6-4-3-5-6/h6-7H,2-5H2,1H3,(H2,16,17,18,19,20)/t7-/m1/s1. The molecule has 0 aromatic carbocycles. The Morgan fingerprint density at radius 1 is 1.25 bits per heavy atom. The number of anilines is 2. The van der Waals surface area contributed by atoms with Crippen LogP contribution in [0.1, 0.15) is 32.6 Å². The van der Waals surface area contributed by atoms with Crippen LogP contribution >= 0.6 is 11.6 Å². The molecule has 1 saturated carbocycles. The van der Waals surface area contributed by atoms with Gasteiger partial charge >= 0.3 is 6.18 Å². The summed E-state index contributed by atoms with van der Waals surface area (Å²) in [6, 6.07) is -1.46. The van der Waals surface area contributed by atoms with Crippen LogP contribution in [0.2, 0.25) is 5.28 Å². The molecule has 2 N–H and O–H groups in total. The Labute approximate surface area is 119 Å². The monoisotopic (exact) mass is 309 g/mol. The first-order valence-electron chi connectivity index (χ1n) is 6.40. The SMILES string of the molecule is CC[C@@H](Nc1nc(Cl)nc(NC2CCC2)n1)C(F)(F)F. The second-order valence-electron chi connectivity index (χ2n) is 4.67. The first-order valence-corrected chi connectivity index (χ1v) is 6.77. The van der Waals surface area contributed by atoms with Gasteiger partial charge in [-0.05, 0) is 37.3 Å². The number of rotatable bonds is 5. The molecule has 2 rings (SSSR count). The summed E-state index contributed by atoms with van der Waals surface area (Å²) < 4.78 is 38.1. The second kappa shape index (κ2) is 5.99. The van der Waals surface area contributed by atoms with E-state index in [1.54, 1.807) is 0 Å². The molecule has 5 nitrogen and oxygen atoms in total. The highest BCUT2D eigenvalue weighted by molar-refractivity contribution is 6.28. The summed E-state index contributed by atoms with van der Waals surface area (Å²) in [6.07, 6.45) is -1.39. The zero-order valence-electron chi connectivity index (χ0n) is 10.8. The van der Waals surface area contributed by atoms with E-state index in [4.69, 9.17) is 11.6 Å². The van der Waals surface area contributed by atoms with Crippen molar-refractivity contribution < 1.29 is 13.2 Å². The average molecular weight is 310 g/mol. The Morgan fingerprint density at radius 2 is 1.90 bits per heavy atom. The number of hydrogen-bond acceptors (Lipinski definition) is 5. The predicted octanol–water partition coefficient (Wildman–Crippen LogP) is 3.24. The maximum absolute atomic E-state index is 12.7. The van der Waals surface area contributed by atoms with Gasteiger partial charge in [0, 0.05) is 6.04 Å². The molecule has 1 fully saturated rings. The molecule has 1 aromatic rings. The third kappa shape index (κ3) is 3.84. The van der Waals surface area contributed by atoms with Crippen LogP contribution in [0.25, 0.3) is 0 Å². The average Bonchev–Trinajstić information content (AvgIpc) is 2.29. The van der Waals surface area contributed by atoms with E-state index in [9.17, 15) is 13.2 Å². The fraction of sp³-hybridized carbons (Fsp3) is 0.727. The molecule has 0 saturated heterocycles. The van der Waals surface area contributed by atoms with E-state index < -0.39 is 12.2 Å². The Bertz CT molecular complexity index is 464. The van der Waals surface area contributed by atoms with E-state index in [2.05, 4.69) is 25.6 Å². The summed E-state index contributed by atoms with van der Waals surface area (Å²) in [5, 5.41) is 5.13. The van der Waals surface area contributed by atoms with Gasteiger partial charge in [0.05, 0.1) is 0 Å². The van der Waals surface area contributed by atoms with E-state index in [1.807, 2.05) is 0 Å². The maximum atomic E-state index is 12.7. The first kappa shape index (κ1) is 15.1. The van der Waals surface area contributed by atoms with Gasteiger partial charge in [-0.1, -0.05) is 6.92 Å². The van der Waals surface area contributed by atoms with Gasteiger partial charge in [-0.15, -0.1) is 0 Å². The summed E-state index contributed by atoms with van der Waals surface area (Å²) in [5.74, 6) is 0.0326. The lowest BCUT2D eigenvalue weighted by molar-refractivity contribution is -0.143. The molecule has 20 heavy (non-hydrogen) atoms. The van der Waals surface area contributed by atoms with Crippen LogP contribution in [0.5, 0.6) is 0 Å². The molecule has 1 aliphatic rings. The topological polar surface area (TPSA) is 62.7 Å². The van der Waals surface area contributed by atoms with Crippen molar-refractivity contribution in [3.63, 3.8) is 0 Å². The van der Waals surface area contributed by atoms with Crippen molar-refractivity contribution >= 4 is 23.5 Å². The molecule has 1 heterocycles. The molecule has 0 unspecified atom stereocenters. The predicted molar refractivity (Wildman–Crippen MR) is 69.9 cm³/mol. The number of aromatic nitrogens is 3. The second-order valence-corrected chi connectivity index (χ2v) is 5.01. The highest BCUT2D eigenvalue weighted by atomic mass is 35.5. The van der Waals surface area contributed by atoms with Crippen molar-refractivity contribution in [2.45, 2.75) is 50.9 Å². The van der Waals surface area contributed by atoms with Crippen LogP contribution in [-0.2, 0) is 0 Å². The number of nitrogens with zero attached hydrogens (tertiary/aromatic N) is 3. The van der Waals surface area contributed by atoms with Gasteiger partial charge in [0.15, 0.2) is 0 Å². The lowest BCUT2D eigenvalue weighted by Gasteiger charge is -2.26. The maximum Gasteiger partial charge on any atom is 0.408 e. The van der Waals surface area contributed by atoms with Crippen molar-refractivity contribution in [2.24, 2.45) is 0 Å². The summed E-state index contributed by atoms with van der Waals surface area (Å²) in [5.41, 5.74) is 0. The fourth-order valence-corrected chi connectivity index (χ4v) is 1.95. The quantitative estimate of drug-likeness (QED) is 0.874. The van der Waals surface area contributed by atoms with E-state index in [1.165, 1.54) is 6.92 Å². The Morgan fingerprint density at radius 3 is 2.40 bits per heavy atom. The lowest BCUT2D eigenvalue weighted by Crippen LogP contribution is -2.36. The molecule has 0 radical (unpaired) electrons. The zero-order valence-corrected chi connectivity index (χ0v) is 11.6. The van der Waals surface area contributed by atoms with E-state index in [-0.39, 0.29) is 29.6 Å². The summed E-state index contributed by atoms with van der Waals surface area (Å²) in [6.45, 7) is 1.43. The van der Waals surface area contributed by atoms with Gasteiger partial charge in [-0.3, -0.25) is 0 Å². The highest BCUT2D eigenvalue weighted by Crippen LogP contribution is 2.26. The first-order chi connectivity index (χ1) is 9.38. The minimum absolute atomic E-state index is 0.127. The molecule has 0 aliphatic heterocycles. The molecule has 0 bridgehead atoms. The van der Waals surface area contributed by atoms with Crippen molar-refractivity contribution in [3.8, 4) is 0 Å². The van der Waals surface area contributed by atoms with Gasteiger partial charge in [0.1, 0.15) is 6.04 Å². The minimum Gasteiger partial charge on any atom is -0.351 e. The molecule has 1 aromatic heterocycles. The number of hydrogen-bond donors (Lipinski definition) is 2. The summed E-state index contributed by atoms with van der Waals surface area (Å²) in [4.78, 5) is 11.5. The van der Waals surface area contributed by atoms with Gasteiger partial charge in [-0.25, -0.2) is 0 Å². The molecule has 0 spiro atoms. The molecule has 9 heteroatoms. The Kier molecular flexibility index (Phi) is 4.52. The van der Waals surface area contributed by atoms with Crippen LogP contribution in [0.15, 0.2) is 0 Å². The normalized spacial score (nSPS) is 17.4. The summed E-state index contributed by atoms with van der Waals surface area (Å²) >= 11 is 5.71. The molecule has 1 aliphatic carbocycles. The van der Waals surface area contributed by atoms with Gasteiger partial charge < -0.3 is 10.6 Å². The van der Waals surface area contributed by atoms with Gasteiger partial charge in [0.2, 0.25) is 17.2 Å². The lowest BCUT2D eigenvalue weighted by atomic mass is 9.93. The van der Waals surface area contributed by atoms with Crippen molar-refractivity contribution in [3.05, 3.63) is 5.28 Å². The van der Waals surface area contributed by atoms with Crippen molar-refractivity contribution in [1.82, 2.24) is 15.0 Å². The number of nitrogens with one attached hydrogen (secondary N) is 2. The number of halogens is 4. The minimum atomic E-state index is -4.37. The molecular formula is C11H15ClF3N5. The van der Waals surface area contributed by atoms with Crippen LogP contribution in [0, 0.1) is 0 Å². The van der Waals surface area contributed by atoms with Crippen molar-refractivity contribution in [2.75, 3.05) is 10.6 Å².